The number of hydrogen-bond acceptors (Lipinski definition) is 4. The molecule has 4 heterocycles. The maximum Gasteiger partial charge on any atom is 0.166 e. The van der Waals surface area contributed by atoms with E-state index in [2.05, 4.69) is 33.4 Å². The van der Waals surface area contributed by atoms with Crippen molar-refractivity contribution in [3.05, 3.63) is 24.2 Å². The van der Waals surface area contributed by atoms with Crippen LogP contribution < -0.4 is 10.6 Å². The van der Waals surface area contributed by atoms with Crippen molar-refractivity contribution in [2.75, 3.05) is 39.8 Å². The first-order valence-electron chi connectivity index (χ1n) is 9.06. The molecule has 1 aromatic rings. The van der Waals surface area contributed by atoms with Gasteiger partial charge in [-0.3, -0.25) is 9.80 Å². The van der Waals surface area contributed by atoms with E-state index in [1.807, 2.05) is 12.1 Å². The summed E-state index contributed by atoms with van der Waals surface area (Å²) in [7, 11) is 2.12. The predicted molar refractivity (Wildman–Crippen MR) is 104 cm³/mol. The third kappa shape index (κ3) is 4.97. The van der Waals surface area contributed by atoms with Gasteiger partial charge in [0.25, 0.3) is 0 Å². The molecule has 136 valence electrons. The van der Waals surface area contributed by atoms with Crippen molar-refractivity contribution in [2.45, 2.75) is 25.4 Å². The summed E-state index contributed by atoms with van der Waals surface area (Å²) in [6, 6.07) is 4.41. The van der Waals surface area contributed by atoms with Gasteiger partial charge in [0.1, 0.15) is 5.76 Å². The van der Waals surface area contributed by atoms with Crippen LogP contribution in [0, 0.1) is 24.2 Å². The lowest BCUT2D eigenvalue weighted by Crippen LogP contribution is -2.58. The Labute approximate surface area is 156 Å². The number of rotatable bonds is 7. The number of nitrogens with one attached hydrogen (secondary N) is 2. The molecule has 4 rings (SSSR count). The third-order valence-electron chi connectivity index (χ3n) is 5.42. The van der Waals surface area contributed by atoms with Crippen LogP contribution in [-0.4, -0.2) is 60.7 Å². The Hall–Kier alpha value is -1.55. The van der Waals surface area contributed by atoms with Crippen molar-refractivity contribution in [1.82, 2.24) is 20.4 Å². The van der Waals surface area contributed by atoms with Crippen LogP contribution in [0.25, 0.3) is 0 Å². The standard InChI is InChI=1S/C19H28N4OS/c1-3-7-22(2)13-16-14-23-8-6-15(16)10-17(23)11-20-19(25)21-12-18-5-4-9-24-18/h1,4-5,9,15-17H,6-8,10-14H2,2H3,(H2,20,21,25)/t15-,16+,17+/m0/s1. The number of terminal acetylenes is 1. The van der Waals surface area contributed by atoms with Crippen molar-refractivity contribution in [2.24, 2.45) is 11.8 Å². The second kappa shape index (κ2) is 8.70. The van der Waals surface area contributed by atoms with Gasteiger partial charge >= 0.3 is 0 Å². The van der Waals surface area contributed by atoms with Gasteiger partial charge in [-0.05, 0) is 62.6 Å². The molecule has 0 amide bonds. The summed E-state index contributed by atoms with van der Waals surface area (Å²) >= 11 is 5.38. The molecule has 3 fully saturated rings. The molecule has 25 heavy (non-hydrogen) atoms. The Balaban J connectivity index is 1.40. The molecular weight excluding hydrogens is 332 g/mol. The maximum atomic E-state index is 5.42. The zero-order chi connectivity index (χ0) is 17.6. The van der Waals surface area contributed by atoms with Gasteiger partial charge in [0, 0.05) is 25.7 Å². The zero-order valence-corrected chi connectivity index (χ0v) is 15.7. The average molecular weight is 361 g/mol. The lowest BCUT2D eigenvalue weighted by molar-refractivity contribution is -0.00652. The van der Waals surface area contributed by atoms with Crippen LogP contribution in [0.1, 0.15) is 18.6 Å². The highest BCUT2D eigenvalue weighted by molar-refractivity contribution is 7.80. The third-order valence-corrected chi connectivity index (χ3v) is 5.71. The van der Waals surface area contributed by atoms with Gasteiger partial charge in [-0.1, -0.05) is 5.92 Å². The van der Waals surface area contributed by atoms with Crippen LogP contribution in [0.5, 0.6) is 0 Å². The first-order chi connectivity index (χ1) is 12.2. The summed E-state index contributed by atoms with van der Waals surface area (Å²) in [5.41, 5.74) is 0. The second-order valence-electron chi connectivity index (χ2n) is 7.24. The molecule has 2 N–H and O–H groups in total. The molecule has 3 saturated heterocycles. The van der Waals surface area contributed by atoms with Crippen LogP contribution in [0.15, 0.2) is 22.8 Å². The first kappa shape index (κ1) is 18.2. The van der Waals surface area contributed by atoms with E-state index >= 15 is 0 Å². The van der Waals surface area contributed by atoms with Crippen LogP contribution in [0.2, 0.25) is 0 Å². The van der Waals surface area contributed by atoms with Gasteiger partial charge in [-0.15, -0.1) is 6.42 Å². The van der Waals surface area contributed by atoms with Gasteiger partial charge in [0.2, 0.25) is 0 Å². The van der Waals surface area contributed by atoms with Crippen molar-refractivity contribution >= 4 is 17.3 Å². The van der Waals surface area contributed by atoms with Crippen LogP contribution in [0.4, 0.5) is 0 Å². The minimum atomic E-state index is 0.580. The monoisotopic (exact) mass is 360 g/mol. The minimum Gasteiger partial charge on any atom is -0.467 e. The van der Waals surface area contributed by atoms with E-state index in [4.69, 9.17) is 23.1 Å². The van der Waals surface area contributed by atoms with Gasteiger partial charge in [-0.2, -0.15) is 0 Å². The Kier molecular flexibility index (Phi) is 6.35. The van der Waals surface area contributed by atoms with E-state index in [1.54, 1.807) is 6.26 Å². The fraction of sp³-hybridized carbons (Fsp3) is 0.632. The molecule has 2 bridgehead atoms. The first-order valence-corrected chi connectivity index (χ1v) is 9.46. The Bertz CT molecular complexity index is 597. The minimum absolute atomic E-state index is 0.580. The van der Waals surface area contributed by atoms with Crippen molar-refractivity contribution in [1.29, 1.82) is 0 Å². The topological polar surface area (TPSA) is 43.7 Å². The predicted octanol–water partition coefficient (Wildman–Crippen LogP) is 1.52. The van der Waals surface area contributed by atoms with Crippen LogP contribution in [0.3, 0.4) is 0 Å². The number of piperidine rings is 3. The molecule has 6 heteroatoms. The van der Waals surface area contributed by atoms with E-state index in [-0.39, 0.29) is 0 Å². The maximum absolute atomic E-state index is 5.42. The van der Waals surface area contributed by atoms with Crippen molar-refractivity contribution in [3.8, 4) is 12.3 Å². The summed E-state index contributed by atoms with van der Waals surface area (Å²) < 4.78 is 5.30. The highest BCUT2D eigenvalue weighted by Gasteiger charge is 2.40. The largest absolute Gasteiger partial charge is 0.467 e. The summed E-state index contributed by atoms with van der Waals surface area (Å²) in [6.07, 6.45) is 9.66. The molecule has 5 nitrogen and oxygen atoms in total. The number of furan rings is 1. The van der Waals surface area contributed by atoms with E-state index in [0.29, 0.717) is 17.7 Å². The fourth-order valence-electron chi connectivity index (χ4n) is 4.14. The van der Waals surface area contributed by atoms with Crippen LogP contribution in [-0.2, 0) is 6.54 Å². The SMILES string of the molecule is C#CCN(C)C[C@@H]1CN2CC[C@H]1C[C@@H]2CNC(=S)NCc1ccco1. The normalized spacial score (nSPS) is 27.9. The lowest BCUT2D eigenvalue weighted by atomic mass is 9.75. The lowest BCUT2D eigenvalue weighted by Gasteiger charge is -2.50. The molecule has 0 spiro atoms. The van der Waals surface area contributed by atoms with Gasteiger partial charge in [0.05, 0.1) is 19.4 Å². The molecule has 1 unspecified atom stereocenters. The molecule has 0 saturated carbocycles. The highest BCUT2D eigenvalue weighted by atomic mass is 32.1. The summed E-state index contributed by atoms with van der Waals surface area (Å²) in [6.45, 7) is 5.77. The van der Waals surface area contributed by atoms with Gasteiger partial charge in [0.15, 0.2) is 5.11 Å². The molecule has 0 radical (unpaired) electrons. The molecule has 4 atom stereocenters. The van der Waals surface area contributed by atoms with E-state index in [0.717, 1.165) is 37.2 Å². The van der Waals surface area contributed by atoms with Crippen molar-refractivity contribution < 1.29 is 4.42 Å². The average Bonchev–Trinajstić information content (AvgIpc) is 3.13. The molecular formula is C19H28N4OS. The van der Waals surface area contributed by atoms with E-state index < -0.39 is 0 Å². The van der Waals surface area contributed by atoms with Crippen LogP contribution >= 0.6 is 12.2 Å². The molecule has 0 aliphatic carbocycles. The second-order valence-corrected chi connectivity index (χ2v) is 7.65. The quantitative estimate of drug-likeness (QED) is 0.568. The zero-order valence-electron chi connectivity index (χ0n) is 14.9. The number of nitrogens with zero attached hydrogens (tertiary/aromatic N) is 2. The summed E-state index contributed by atoms with van der Waals surface area (Å²) in [5, 5.41) is 7.27. The summed E-state index contributed by atoms with van der Waals surface area (Å²) in [4.78, 5) is 4.89. The Morgan fingerprint density at radius 1 is 1.52 bits per heavy atom. The Morgan fingerprint density at radius 2 is 2.40 bits per heavy atom. The number of fused-ring (bicyclic) bond motifs is 3. The fourth-order valence-corrected chi connectivity index (χ4v) is 4.30. The van der Waals surface area contributed by atoms with E-state index in [1.165, 1.54) is 25.9 Å². The molecule has 1 aromatic heterocycles. The molecule has 0 aromatic carbocycles. The summed E-state index contributed by atoms with van der Waals surface area (Å²) in [5.74, 6) is 5.18. The van der Waals surface area contributed by atoms with Gasteiger partial charge in [-0.25, -0.2) is 0 Å². The number of thiocarbonyl (C=S) groups is 1. The number of hydrogen-bond donors (Lipinski definition) is 2. The molecule has 3 aliphatic rings. The smallest absolute Gasteiger partial charge is 0.166 e. The van der Waals surface area contributed by atoms with E-state index in [9.17, 15) is 0 Å². The highest BCUT2D eigenvalue weighted by Crippen LogP contribution is 2.36. The Morgan fingerprint density at radius 3 is 3.08 bits per heavy atom. The van der Waals surface area contributed by atoms with Gasteiger partial charge < -0.3 is 15.1 Å². The molecule has 3 aliphatic heterocycles. The van der Waals surface area contributed by atoms with Crippen molar-refractivity contribution in [3.63, 3.8) is 0 Å².